The van der Waals surface area contributed by atoms with Gasteiger partial charge in [-0.15, -0.1) is 0 Å². The number of hydrogen-bond acceptors (Lipinski definition) is 7. The number of anilines is 2. The van der Waals surface area contributed by atoms with Gasteiger partial charge in [-0.1, -0.05) is 24.3 Å². The Morgan fingerprint density at radius 3 is 1.82 bits per heavy atom. The van der Waals surface area contributed by atoms with Gasteiger partial charge in [-0.3, -0.25) is 14.4 Å². The molecule has 3 aromatic carbocycles. The molecule has 6 rings (SSSR count). The molecule has 4 atom stereocenters. The van der Waals surface area contributed by atoms with Crippen molar-refractivity contribution in [2.75, 3.05) is 17.3 Å². The fourth-order valence-electron chi connectivity index (χ4n) is 7.42. The molecule has 2 aliphatic carbocycles. The zero-order chi connectivity index (χ0) is 35.8. The monoisotopic (exact) mass is 688 g/mol. The number of allylic oxidation sites excluding steroid dienone is 2. The summed E-state index contributed by atoms with van der Waals surface area (Å²) < 4.78 is 96.3. The Bertz CT molecular complexity index is 1840. The van der Waals surface area contributed by atoms with Crippen molar-refractivity contribution in [3.63, 3.8) is 0 Å². The minimum absolute atomic E-state index is 0.143. The average molecular weight is 689 g/mol. The Balaban J connectivity index is 1.45. The largest absolute Gasteiger partial charge is 0.506 e. The lowest BCUT2D eigenvalue weighted by Gasteiger charge is -2.39. The van der Waals surface area contributed by atoms with Crippen LogP contribution >= 0.6 is 0 Å². The van der Waals surface area contributed by atoms with Gasteiger partial charge in [-0.2, -0.15) is 26.3 Å². The van der Waals surface area contributed by atoms with E-state index in [-0.39, 0.29) is 17.4 Å². The zero-order valence-corrected chi connectivity index (χ0v) is 26.2. The number of phenols is 2. The van der Waals surface area contributed by atoms with Gasteiger partial charge >= 0.3 is 12.4 Å². The van der Waals surface area contributed by atoms with Crippen LogP contribution in [-0.4, -0.2) is 52.8 Å². The van der Waals surface area contributed by atoms with Crippen LogP contribution in [0.1, 0.15) is 41.8 Å². The van der Waals surface area contributed by atoms with Gasteiger partial charge < -0.3 is 20.3 Å². The maximum Gasteiger partial charge on any atom is 0.411 e. The Labute approximate surface area is 276 Å². The number of Topliss-reactive ketones (excluding diaryl/α,β-unsaturated/α-hetero) is 1. The summed E-state index contributed by atoms with van der Waals surface area (Å²) in [7, 11) is 1.41. The molecule has 49 heavy (non-hydrogen) atoms. The summed E-state index contributed by atoms with van der Waals surface area (Å²) >= 11 is 0. The van der Waals surface area contributed by atoms with Crippen LogP contribution in [0, 0.1) is 23.7 Å². The molecule has 1 heterocycles. The minimum Gasteiger partial charge on any atom is -0.506 e. The summed E-state index contributed by atoms with van der Waals surface area (Å²) in [6.07, 6.45) is -8.14. The Kier molecular flexibility index (Phi) is 7.79. The maximum absolute atomic E-state index is 15.2. The van der Waals surface area contributed by atoms with Crippen molar-refractivity contribution < 1.29 is 55.7 Å². The summed E-state index contributed by atoms with van der Waals surface area (Å²) in [4.78, 5) is 40.6. The molecule has 8 nitrogen and oxygen atoms in total. The third kappa shape index (κ3) is 5.10. The number of methoxy groups -OCH3 is 1. The van der Waals surface area contributed by atoms with Crippen LogP contribution < -0.4 is 15.0 Å². The number of nitrogens with zero attached hydrogens (tertiary/aromatic N) is 1. The van der Waals surface area contributed by atoms with Gasteiger partial charge in [-0.25, -0.2) is 4.90 Å². The minimum atomic E-state index is -6.10. The molecule has 2 bridgehead atoms. The van der Waals surface area contributed by atoms with E-state index in [1.807, 2.05) is 0 Å². The first-order valence-corrected chi connectivity index (χ1v) is 15.2. The van der Waals surface area contributed by atoms with E-state index >= 15 is 26.3 Å². The number of carbonyl (C=O) groups is 3. The second-order valence-electron chi connectivity index (χ2n) is 13.0. The molecule has 258 valence electrons. The molecule has 2 amide bonds. The normalized spacial score (nSPS) is 22.1. The highest BCUT2D eigenvalue weighted by molar-refractivity contribution is 6.23. The molecule has 3 aromatic rings. The average Bonchev–Trinajstić information content (AvgIpc) is 3.71. The van der Waals surface area contributed by atoms with E-state index in [0.717, 1.165) is 0 Å². The number of imide groups is 1. The number of nitrogens with one attached hydrogen (secondary N) is 1. The Morgan fingerprint density at radius 2 is 1.31 bits per heavy atom. The van der Waals surface area contributed by atoms with E-state index in [0.29, 0.717) is 53.5 Å². The number of rotatable bonds is 8. The SMILES string of the molecule is COc1ccc(C(=O)C(C)(C)Nc2cc(C(c3ccc(O)c(N4C(=O)C5C6C=CC(C6)C5C4=O)c3)(C(F)(F)F)C(F)(F)F)ccc2O)cc1. The number of phenolic OH excluding ortho intramolecular Hbond substituents is 2. The Hall–Kier alpha value is -5.01. The van der Waals surface area contributed by atoms with Gasteiger partial charge in [0.15, 0.2) is 5.78 Å². The summed E-state index contributed by atoms with van der Waals surface area (Å²) in [5.41, 5.74) is -10.6. The number of carbonyl (C=O) groups excluding carboxylic acids is 3. The number of halogens is 6. The molecular formula is C35H30F6N2O6. The number of fused-ring (bicyclic) bond motifs is 5. The van der Waals surface area contributed by atoms with Crippen molar-refractivity contribution in [1.29, 1.82) is 0 Å². The second-order valence-corrected chi connectivity index (χ2v) is 13.0. The van der Waals surface area contributed by atoms with Crippen molar-refractivity contribution in [2.45, 2.75) is 43.6 Å². The summed E-state index contributed by atoms with van der Waals surface area (Å²) in [6, 6.07) is 8.73. The lowest BCUT2D eigenvalue weighted by Crippen LogP contribution is -2.55. The van der Waals surface area contributed by atoms with E-state index in [9.17, 15) is 24.6 Å². The lowest BCUT2D eigenvalue weighted by atomic mass is 9.72. The van der Waals surface area contributed by atoms with Crippen LogP contribution in [0.4, 0.5) is 37.7 Å². The van der Waals surface area contributed by atoms with E-state index in [2.05, 4.69) is 5.32 Å². The van der Waals surface area contributed by atoms with Crippen LogP contribution in [0.2, 0.25) is 0 Å². The van der Waals surface area contributed by atoms with Crippen LogP contribution in [-0.2, 0) is 15.0 Å². The van der Waals surface area contributed by atoms with Crippen molar-refractivity contribution in [2.24, 2.45) is 23.7 Å². The first kappa shape index (κ1) is 33.9. The number of benzene rings is 3. The van der Waals surface area contributed by atoms with Gasteiger partial charge in [0.25, 0.3) is 0 Å². The predicted molar refractivity (Wildman–Crippen MR) is 164 cm³/mol. The highest BCUT2D eigenvalue weighted by Gasteiger charge is 2.73. The molecular weight excluding hydrogens is 658 g/mol. The highest BCUT2D eigenvalue weighted by atomic mass is 19.4. The molecule has 0 spiro atoms. The molecule has 14 heteroatoms. The lowest BCUT2D eigenvalue weighted by molar-refractivity contribution is -0.288. The van der Waals surface area contributed by atoms with E-state index in [1.54, 1.807) is 12.2 Å². The third-order valence-corrected chi connectivity index (χ3v) is 9.77. The van der Waals surface area contributed by atoms with Gasteiger partial charge in [0.1, 0.15) is 17.2 Å². The topological polar surface area (TPSA) is 116 Å². The van der Waals surface area contributed by atoms with Crippen molar-refractivity contribution in [3.05, 3.63) is 89.5 Å². The molecule has 4 unspecified atom stereocenters. The number of hydrogen-bond donors (Lipinski definition) is 3. The maximum atomic E-state index is 15.2. The highest BCUT2D eigenvalue weighted by Crippen LogP contribution is 2.59. The molecule has 1 aliphatic heterocycles. The van der Waals surface area contributed by atoms with Gasteiger partial charge in [0.2, 0.25) is 17.2 Å². The summed E-state index contributed by atoms with van der Waals surface area (Å²) in [5.74, 6) is -5.70. The first-order chi connectivity index (χ1) is 22.8. The van der Waals surface area contributed by atoms with Crippen molar-refractivity contribution in [3.8, 4) is 17.2 Å². The number of ether oxygens (including phenoxy) is 1. The standard InChI is InChI=1S/C35H30F6N2O6/c1-32(2,29(46)17-6-10-22(49-3)11-7-17)42-23-15-20(8-12-25(23)44)33(34(36,37)38,35(39,40)41)21-9-13-26(45)24(16-21)43-30(47)27-18-4-5-19(14-18)28(27)31(43)48/h4-13,15-16,18-19,27-28,42,44-45H,14H2,1-3H3. The van der Waals surface area contributed by atoms with Gasteiger partial charge in [-0.05, 0) is 91.8 Å². The number of amides is 2. The van der Waals surface area contributed by atoms with E-state index < -0.39 is 86.7 Å². The predicted octanol–water partition coefficient (Wildman–Crippen LogP) is 6.90. The Morgan fingerprint density at radius 1 is 0.796 bits per heavy atom. The number of alkyl halides is 6. The summed E-state index contributed by atoms with van der Waals surface area (Å²) in [6.45, 7) is 2.67. The molecule has 1 saturated heterocycles. The first-order valence-electron chi connectivity index (χ1n) is 15.2. The number of aromatic hydroxyl groups is 2. The van der Waals surface area contributed by atoms with Crippen LogP contribution in [0.15, 0.2) is 72.8 Å². The molecule has 3 N–H and O–H groups in total. The molecule has 0 radical (unpaired) electrons. The zero-order valence-electron chi connectivity index (χ0n) is 26.2. The molecule has 3 aliphatic rings. The van der Waals surface area contributed by atoms with Crippen LogP contribution in [0.3, 0.4) is 0 Å². The van der Waals surface area contributed by atoms with E-state index in [1.165, 1.54) is 45.2 Å². The summed E-state index contributed by atoms with van der Waals surface area (Å²) in [5, 5.41) is 23.8. The smallest absolute Gasteiger partial charge is 0.411 e. The third-order valence-electron chi connectivity index (χ3n) is 9.77. The molecule has 1 saturated carbocycles. The second kappa shape index (κ2) is 11.3. The van der Waals surface area contributed by atoms with Gasteiger partial charge in [0, 0.05) is 5.56 Å². The fourth-order valence-corrected chi connectivity index (χ4v) is 7.42. The molecule has 2 fully saturated rings. The van der Waals surface area contributed by atoms with Crippen molar-refractivity contribution in [1.82, 2.24) is 0 Å². The fraction of sp³-hybridized carbons (Fsp3) is 0.343. The molecule has 0 aromatic heterocycles. The quantitative estimate of drug-likeness (QED) is 0.0776. The van der Waals surface area contributed by atoms with Crippen LogP contribution in [0.5, 0.6) is 17.2 Å². The van der Waals surface area contributed by atoms with Gasteiger partial charge in [0.05, 0.1) is 35.9 Å². The number of ketones is 1. The van der Waals surface area contributed by atoms with E-state index in [4.69, 9.17) is 4.74 Å². The van der Waals surface area contributed by atoms with Crippen molar-refractivity contribution >= 4 is 29.0 Å². The van der Waals surface area contributed by atoms with Crippen LogP contribution in [0.25, 0.3) is 0 Å².